The van der Waals surface area contributed by atoms with Gasteiger partial charge in [0.25, 0.3) is 0 Å². The average Bonchev–Trinajstić information content (AvgIpc) is 3.18. The lowest BCUT2D eigenvalue weighted by Gasteiger charge is -2.34. The fourth-order valence-electron chi connectivity index (χ4n) is 3.97. The van der Waals surface area contributed by atoms with Gasteiger partial charge in [0, 0.05) is 24.3 Å². The van der Waals surface area contributed by atoms with E-state index in [2.05, 4.69) is 10.4 Å². The van der Waals surface area contributed by atoms with Gasteiger partial charge in [0.05, 0.1) is 12.3 Å². The molecule has 1 aromatic heterocycles. The minimum absolute atomic E-state index is 0.273. The van der Waals surface area contributed by atoms with Crippen LogP contribution in [0.5, 0.6) is 5.75 Å². The molecule has 2 heterocycles. The normalized spacial score (nSPS) is 25.4. The molecule has 128 valence electrons. The molecule has 2 fully saturated rings. The lowest BCUT2D eigenvalue weighted by Crippen LogP contribution is -2.41. The van der Waals surface area contributed by atoms with E-state index in [-0.39, 0.29) is 5.38 Å². The maximum atomic E-state index is 6.56. The van der Waals surface area contributed by atoms with Crippen molar-refractivity contribution in [3.05, 3.63) is 42.7 Å². The third-order valence-electron chi connectivity index (χ3n) is 5.56. The molecule has 4 rings (SSSR count). The zero-order chi connectivity index (χ0) is 16.4. The number of piperidine rings is 1. The molecule has 1 saturated carbocycles. The summed E-state index contributed by atoms with van der Waals surface area (Å²) < 4.78 is 7.84. The zero-order valence-electron chi connectivity index (χ0n) is 13.8. The molecule has 1 saturated heterocycles. The van der Waals surface area contributed by atoms with Crippen molar-refractivity contribution in [3.63, 3.8) is 0 Å². The van der Waals surface area contributed by atoms with E-state index >= 15 is 0 Å². The number of hydrogen-bond acceptors (Lipinski definition) is 3. The van der Waals surface area contributed by atoms with Gasteiger partial charge in [0.15, 0.2) is 0 Å². The molecule has 24 heavy (non-hydrogen) atoms. The first-order valence-electron chi connectivity index (χ1n) is 8.85. The zero-order valence-corrected chi connectivity index (χ0v) is 14.6. The highest BCUT2D eigenvalue weighted by Crippen LogP contribution is 2.58. The third kappa shape index (κ3) is 3.31. The van der Waals surface area contributed by atoms with E-state index < -0.39 is 0 Å². The Labute approximate surface area is 148 Å². The maximum absolute atomic E-state index is 6.56. The first-order valence-corrected chi connectivity index (χ1v) is 9.28. The van der Waals surface area contributed by atoms with Gasteiger partial charge in [0.2, 0.25) is 0 Å². The molecular formula is C19H24ClN3O. The van der Waals surface area contributed by atoms with Gasteiger partial charge in [0.1, 0.15) is 5.75 Å². The number of nitrogens with one attached hydrogen (secondary N) is 1. The monoisotopic (exact) mass is 345 g/mol. The summed E-state index contributed by atoms with van der Waals surface area (Å²) >= 11 is 6.56. The van der Waals surface area contributed by atoms with Gasteiger partial charge in [-0.25, -0.2) is 4.68 Å². The number of alkyl halides is 1. The van der Waals surface area contributed by atoms with Crippen LogP contribution < -0.4 is 10.1 Å². The Bertz CT molecular complexity index is 652. The number of rotatable bonds is 6. The van der Waals surface area contributed by atoms with Crippen LogP contribution in [0.2, 0.25) is 0 Å². The average molecular weight is 346 g/mol. The van der Waals surface area contributed by atoms with Crippen LogP contribution in [0.4, 0.5) is 0 Å². The molecule has 2 aromatic rings. The number of benzene rings is 1. The minimum Gasteiger partial charge on any atom is -0.494 e. The lowest BCUT2D eigenvalue weighted by molar-refractivity contribution is 0.188. The van der Waals surface area contributed by atoms with Crippen molar-refractivity contribution in [1.82, 2.24) is 15.1 Å². The quantitative estimate of drug-likeness (QED) is 0.812. The topological polar surface area (TPSA) is 39.1 Å². The van der Waals surface area contributed by atoms with Crippen molar-refractivity contribution >= 4 is 11.6 Å². The Hall–Kier alpha value is -1.52. The van der Waals surface area contributed by atoms with Gasteiger partial charge in [-0.05, 0) is 73.9 Å². The Kier molecular flexibility index (Phi) is 4.51. The summed E-state index contributed by atoms with van der Waals surface area (Å²) in [6.45, 7) is 2.82. The number of hydrogen-bond donors (Lipinski definition) is 1. The second-order valence-corrected chi connectivity index (χ2v) is 7.58. The molecule has 0 radical (unpaired) electrons. The summed E-state index contributed by atoms with van der Waals surface area (Å²) in [5.74, 6) is 1.57. The van der Waals surface area contributed by atoms with E-state index in [1.807, 2.05) is 41.2 Å². The summed E-state index contributed by atoms with van der Waals surface area (Å²) in [4.78, 5) is 0. The number of ether oxygens (including phenoxy) is 1. The van der Waals surface area contributed by atoms with E-state index in [0.29, 0.717) is 11.3 Å². The molecular weight excluding hydrogens is 322 g/mol. The van der Waals surface area contributed by atoms with Crippen molar-refractivity contribution in [2.24, 2.45) is 11.3 Å². The van der Waals surface area contributed by atoms with Crippen molar-refractivity contribution in [2.75, 3.05) is 19.7 Å². The first kappa shape index (κ1) is 16.0. The molecule has 0 amide bonds. The summed E-state index contributed by atoms with van der Waals surface area (Å²) in [6, 6.07) is 10.0. The van der Waals surface area contributed by atoms with Crippen LogP contribution in [0.25, 0.3) is 5.69 Å². The van der Waals surface area contributed by atoms with E-state index in [0.717, 1.165) is 37.6 Å². The highest BCUT2D eigenvalue weighted by Gasteiger charge is 2.51. The van der Waals surface area contributed by atoms with E-state index in [1.165, 1.54) is 19.3 Å². The highest BCUT2D eigenvalue weighted by atomic mass is 35.5. The van der Waals surface area contributed by atoms with Crippen molar-refractivity contribution in [1.29, 1.82) is 0 Å². The van der Waals surface area contributed by atoms with Gasteiger partial charge in [-0.2, -0.15) is 5.10 Å². The van der Waals surface area contributed by atoms with Gasteiger partial charge in [-0.1, -0.05) is 0 Å². The predicted molar refractivity (Wildman–Crippen MR) is 96.0 cm³/mol. The summed E-state index contributed by atoms with van der Waals surface area (Å²) in [7, 11) is 0. The molecule has 0 bridgehead atoms. The predicted octanol–water partition coefficient (Wildman–Crippen LogP) is 3.64. The molecule has 2 atom stereocenters. The SMILES string of the molecule is ClC1CNCCC1C1(CCOc2ccc(-n3cccn3)cc2)CC1. The Morgan fingerprint density at radius 1 is 1.29 bits per heavy atom. The van der Waals surface area contributed by atoms with Crippen LogP contribution in [-0.2, 0) is 0 Å². The smallest absolute Gasteiger partial charge is 0.119 e. The molecule has 2 unspecified atom stereocenters. The van der Waals surface area contributed by atoms with Crippen LogP contribution >= 0.6 is 11.6 Å². The fourth-order valence-corrected chi connectivity index (χ4v) is 4.47. The fraction of sp³-hybridized carbons (Fsp3) is 0.526. The molecule has 1 aliphatic heterocycles. The lowest BCUT2D eigenvalue weighted by atomic mass is 9.80. The van der Waals surface area contributed by atoms with Gasteiger partial charge in [-0.15, -0.1) is 11.6 Å². The summed E-state index contributed by atoms with van der Waals surface area (Å²) in [5, 5.41) is 7.90. The van der Waals surface area contributed by atoms with E-state index in [9.17, 15) is 0 Å². The Morgan fingerprint density at radius 3 is 2.79 bits per heavy atom. The largest absolute Gasteiger partial charge is 0.494 e. The molecule has 2 aliphatic rings. The highest BCUT2D eigenvalue weighted by molar-refractivity contribution is 6.21. The van der Waals surface area contributed by atoms with Crippen molar-refractivity contribution < 1.29 is 4.74 Å². The van der Waals surface area contributed by atoms with Crippen LogP contribution in [0, 0.1) is 11.3 Å². The summed E-state index contributed by atoms with van der Waals surface area (Å²) in [5.41, 5.74) is 1.48. The molecule has 5 heteroatoms. The van der Waals surface area contributed by atoms with E-state index in [1.54, 1.807) is 6.20 Å². The van der Waals surface area contributed by atoms with Crippen LogP contribution in [0.1, 0.15) is 25.7 Å². The van der Waals surface area contributed by atoms with E-state index in [4.69, 9.17) is 16.3 Å². The van der Waals surface area contributed by atoms with Crippen LogP contribution in [0.15, 0.2) is 42.7 Å². The summed E-state index contributed by atoms with van der Waals surface area (Å²) in [6.07, 6.45) is 8.65. The second kappa shape index (κ2) is 6.77. The number of halogens is 1. The molecule has 1 aromatic carbocycles. The molecule has 0 spiro atoms. The molecule has 1 aliphatic carbocycles. The van der Waals surface area contributed by atoms with Crippen molar-refractivity contribution in [3.8, 4) is 11.4 Å². The second-order valence-electron chi connectivity index (χ2n) is 7.02. The van der Waals surface area contributed by atoms with Crippen molar-refractivity contribution in [2.45, 2.75) is 31.1 Å². The van der Waals surface area contributed by atoms with Crippen LogP contribution in [-0.4, -0.2) is 34.9 Å². The Morgan fingerprint density at radius 2 is 2.12 bits per heavy atom. The number of nitrogens with zero attached hydrogens (tertiary/aromatic N) is 2. The van der Waals surface area contributed by atoms with Gasteiger partial charge < -0.3 is 10.1 Å². The minimum atomic E-state index is 0.273. The van der Waals surface area contributed by atoms with Gasteiger partial charge in [-0.3, -0.25) is 0 Å². The third-order valence-corrected chi connectivity index (χ3v) is 6.02. The Balaban J connectivity index is 1.31. The maximum Gasteiger partial charge on any atom is 0.119 e. The number of aromatic nitrogens is 2. The first-order chi connectivity index (χ1) is 11.8. The standard InChI is InChI=1S/C19H24ClN3O/c20-18-14-21-11-6-17(18)19(7-8-19)9-13-24-16-4-2-15(3-5-16)23-12-1-10-22-23/h1-5,10,12,17-18,21H,6-9,11,13-14H2. The van der Waals surface area contributed by atoms with Gasteiger partial charge >= 0.3 is 0 Å². The van der Waals surface area contributed by atoms with Crippen LogP contribution in [0.3, 0.4) is 0 Å². The molecule has 1 N–H and O–H groups in total. The molecule has 4 nitrogen and oxygen atoms in total.